The van der Waals surface area contributed by atoms with Crippen molar-refractivity contribution in [3.63, 3.8) is 0 Å². The fraction of sp³-hybridized carbons (Fsp3) is 0.471. The highest BCUT2D eigenvalue weighted by atomic mass is 16.5. The lowest BCUT2D eigenvalue weighted by molar-refractivity contribution is 0.140. The molecule has 2 heterocycles. The van der Waals surface area contributed by atoms with Gasteiger partial charge in [-0.3, -0.25) is 4.90 Å². The summed E-state index contributed by atoms with van der Waals surface area (Å²) in [4.78, 5) is 7.24. The Bertz CT molecular complexity index is 592. The number of hydrogen-bond acceptors (Lipinski definition) is 4. The Morgan fingerprint density at radius 1 is 1.24 bits per heavy atom. The molecule has 0 aliphatic carbocycles. The van der Waals surface area contributed by atoms with E-state index < -0.39 is 0 Å². The molecule has 1 aliphatic rings. The highest BCUT2D eigenvalue weighted by molar-refractivity contribution is 5.81. The summed E-state index contributed by atoms with van der Waals surface area (Å²) < 4.78 is 5.54. The van der Waals surface area contributed by atoms with Gasteiger partial charge >= 0.3 is 0 Å². The van der Waals surface area contributed by atoms with Crippen molar-refractivity contribution >= 4 is 16.7 Å². The zero-order valence-corrected chi connectivity index (χ0v) is 12.6. The van der Waals surface area contributed by atoms with E-state index in [2.05, 4.69) is 41.4 Å². The van der Waals surface area contributed by atoms with Crippen molar-refractivity contribution in [2.75, 3.05) is 38.2 Å². The number of fused-ring (bicyclic) bond motifs is 1. The lowest BCUT2D eigenvalue weighted by Gasteiger charge is -2.21. The van der Waals surface area contributed by atoms with Crippen LogP contribution in [0.5, 0.6) is 0 Å². The van der Waals surface area contributed by atoms with Crippen molar-refractivity contribution in [1.82, 2.24) is 9.88 Å². The molecule has 0 bridgehead atoms. The number of para-hydroxylation sites is 1. The largest absolute Gasteiger partial charge is 0.380 e. The van der Waals surface area contributed by atoms with Gasteiger partial charge in [0.25, 0.3) is 0 Å². The van der Waals surface area contributed by atoms with E-state index in [0.717, 1.165) is 57.1 Å². The number of anilines is 1. The Balaban J connectivity index is 1.89. The van der Waals surface area contributed by atoms with E-state index in [1.165, 1.54) is 10.9 Å². The highest BCUT2D eigenvalue weighted by Gasteiger charge is 2.13. The molecule has 3 rings (SSSR count). The van der Waals surface area contributed by atoms with Gasteiger partial charge in [-0.15, -0.1) is 0 Å². The first-order chi connectivity index (χ1) is 10.4. The molecule has 1 N–H and O–H groups in total. The van der Waals surface area contributed by atoms with E-state index in [9.17, 15) is 0 Å². The minimum Gasteiger partial charge on any atom is -0.380 e. The molecular formula is C17H23N3O. The summed E-state index contributed by atoms with van der Waals surface area (Å²) >= 11 is 0. The second kappa shape index (κ2) is 6.87. The van der Waals surface area contributed by atoms with Gasteiger partial charge < -0.3 is 10.1 Å². The number of hydrogen-bond donors (Lipinski definition) is 1. The standard InChI is InChI=1S/C17H23N3O/c1-2-18-17-15(13-20-8-5-10-21-11-9-20)12-14-6-3-4-7-16(14)19-17/h3-4,6-7,12H,2,5,8-11,13H2,1H3,(H,18,19). The maximum atomic E-state index is 5.54. The average Bonchev–Trinajstić information content (AvgIpc) is 2.77. The third-order valence-corrected chi connectivity index (χ3v) is 3.86. The molecule has 0 saturated carbocycles. The van der Waals surface area contributed by atoms with E-state index in [1.807, 2.05) is 6.07 Å². The van der Waals surface area contributed by atoms with Crippen LogP contribution in [-0.2, 0) is 11.3 Å². The molecule has 0 radical (unpaired) electrons. The summed E-state index contributed by atoms with van der Waals surface area (Å²) in [5, 5.41) is 4.61. The molecule has 1 aliphatic heterocycles. The van der Waals surface area contributed by atoms with Crippen LogP contribution < -0.4 is 5.32 Å². The first-order valence-corrected chi connectivity index (χ1v) is 7.79. The molecule has 1 fully saturated rings. The van der Waals surface area contributed by atoms with Crippen LogP contribution in [0.1, 0.15) is 18.9 Å². The summed E-state index contributed by atoms with van der Waals surface area (Å²) in [7, 11) is 0. The van der Waals surface area contributed by atoms with Crippen LogP contribution in [0.3, 0.4) is 0 Å². The zero-order chi connectivity index (χ0) is 14.5. The van der Waals surface area contributed by atoms with Gasteiger partial charge in [-0.05, 0) is 25.5 Å². The van der Waals surface area contributed by atoms with Gasteiger partial charge in [0.05, 0.1) is 12.1 Å². The predicted molar refractivity (Wildman–Crippen MR) is 86.6 cm³/mol. The van der Waals surface area contributed by atoms with Crippen molar-refractivity contribution in [1.29, 1.82) is 0 Å². The number of ether oxygens (including phenoxy) is 1. The second-order valence-electron chi connectivity index (χ2n) is 5.46. The molecular weight excluding hydrogens is 262 g/mol. The van der Waals surface area contributed by atoms with Gasteiger partial charge in [0.2, 0.25) is 0 Å². The monoisotopic (exact) mass is 285 g/mol. The molecule has 2 aromatic rings. The van der Waals surface area contributed by atoms with Crippen LogP contribution in [0.15, 0.2) is 30.3 Å². The SMILES string of the molecule is CCNc1nc2ccccc2cc1CN1CCCOCC1. The van der Waals surface area contributed by atoms with Gasteiger partial charge in [-0.25, -0.2) is 4.98 Å². The van der Waals surface area contributed by atoms with Crippen LogP contribution >= 0.6 is 0 Å². The maximum Gasteiger partial charge on any atom is 0.131 e. The van der Waals surface area contributed by atoms with Crippen molar-refractivity contribution in [3.05, 3.63) is 35.9 Å². The van der Waals surface area contributed by atoms with E-state index in [-0.39, 0.29) is 0 Å². The third kappa shape index (κ3) is 3.52. The Kier molecular flexibility index (Phi) is 4.68. The van der Waals surface area contributed by atoms with Gasteiger partial charge in [-0.2, -0.15) is 0 Å². The molecule has 0 amide bonds. The lowest BCUT2D eigenvalue weighted by atomic mass is 10.1. The van der Waals surface area contributed by atoms with Crippen LogP contribution in [0.4, 0.5) is 5.82 Å². The van der Waals surface area contributed by atoms with Crippen LogP contribution in [-0.4, -0.2) is 42.7 Å². The van der Waals surface area contributed by atoms with E-state index in [4.69, 9.17) is 9.72 Å². The summed E-state index contributed by atoms with van der Waals surface area (Å²) in [5.74, 6) is 1.02. The molecule has 0 unspecified atom stereocenters. The topological polar surface area (TPSA) is 37.4 Å². The lowest BCUT2D eigenvalue weighted by Crippen LogP contribution is -2.26. The summed E-state index contributed by atoms with van der Waals surface area (Å²) in [5.41, 5.74) is 2.33. The molecule has 4 heteroatoms. The molecule has 4 nitrogen and oxygen atoms in total. The minimum atomic E-state index is 0.831. The second-order valence-corrected chi connectivity index (χ2v) is 5.46. The van der Waals surface area contributed by atoms with E-state index >= 15 is 0 Å². The van der Waals surface area contributed by atoms with Gasteiger partial charge in [-0.1, -0.05) is 18.2 Å². The van der Waals surface area contributed by atoms with Crippen molar-refractivity contribution in [2.24, 2.45) is 0 Å². The van der Waals surface area contributed by atoms with E-state index in [0.29, 0.717) is 0 Å². The number of nitrogens with zero attached hydrogens (tertiary/aromatic N) is 2. The Morgan fingerprint density at radius 3 is 3.05 bits per heavy atom. The average molecular weight is 285 g/mol. The van der Waals surface area contributed by atoms with Crippen molar-refractivity contribution < 1.29 is 4.74 Å². The van der Waals surface area contributed by atoms with Crippen LogP contribution in [0.2, 0.25) is 0 Å². The number of rotatable bonds is 4. The maximum absolute atomic E-state index is 5.54. The number of aromatic nitrogens is 1. The smallest absolute Gasteiger partial charge is 0.131 e. The van der Waals surface area contributed by atoms with Crippen LogP contribution in [0.25, 0.3) is 10.9 Å². The summed E-state index contributed by atoms with van der Waals surface area (Å²) in [6, 6.07) is 10.6. The highest BCUT2D eigenvalue weighted by Crippen LogP contribution is 2.22. The Morgan fingerprint density at radius 2 is 2.14 bits per heavy atom. The fourth-order valence-electron chi connectivity index (χ4n) is 2.80. The predicted octanol–water partition coefficient (Wildman–Crippen LogP) is 2.89. The summed E-state index contributed by atoms with van der Waals surface area (Å²) in [6.07, 6.45) is 1.11. The fourth-order valence-corrected chi connectivity index (χ4v) is 2.80. The number of benzene rings is 1. The molecule has 112 valence electrons. The normalized spacial score (nSPS) is 16.8. The molecule has 21 heavy (non-hydrogen) atoms. The third-order valence-electron chi connectivity index (χ3n) is 3.86. The number of pyridine rings is 1. The van der Waals surface area contributed by atoms with Gasteiger partial charge in [0.15, 0.2) is 0 Å². The number of nitrogens with one attached hydrogen (secondary N) is 1. The minimum absolute atomic E-state index is 0.831. The van der Waals surface area contributed by atoms with Gasteiger partial charge in [0, 0.05) is 43.7 Å². The first-order valence-electron chi connectivity index (χ1n) is 7.79. The van der Waals surface area contributed by atoms with Crippen molar-refractivity contribution in [3.8, 4) is 0 Å². The summed E-state index contributed by atoms with van der Waals surface area (Å²) in [6.45, 7) is 7.74. The zero-order valence-electron chi connectivity index (χ0n) is 12.6. The molecule has 1 aromatic carbocycles. The molecule has 1 aromatic heterocycles. The van der Waals surface area contributed by atoms with E-state index in [1.54, 1.807) is 0 Å². The van der Waals surface area contributed by atoms with Crippen LogP contribution in [0, 0.1) is 0 Å². The Hall–Kier alpha value is -1.65. The first kappa shape index (κ1) is 14.3. The molecule has 1 saturated heterocycles. The van der Waals surface area contributed by atoms with Crippen molar-refractivity contribution in [2.45, 2.75) is 19.9 Å². The quantitative estimate of drug-likeness (QED) is 0.937. The molecule has 0 spiro atoms. The molecule has 0 atom stereocenters. The van der Waals surface area contributed by atoms with Gasteiger partial charge in [0.1, 0.15) is 5.82 Å². The Labute approximate surface area is 126 Å².